The maximum Gasteiger partial charge on any atom is 0.409 e. The topological polar surface area (TPSA) is 163 Å². The molecular weight excluding hydrogens is 556 g/mol. The van der Waals surface area contributed by atoms with Gasteiger partial charge in [0.15, 0.2) is 5.82 Å². The molecule has 43 heavy (non-hydrogen) atoms. The van der Waals surface area contributed by atoms with Crippen LogP contribution in [0.3, 0.4) is 0 Å². The normalized spacial score (nSPS) is 16.3. The molecule has 1 aromatic carbocycles. The number of aromatic nitrogens is 2. The van der Waals surface area contributed by atoms with Crippen LogP contribution in [0.1, 0.15) is 55.9 Å². The lowest BCUT2D eigenvalue weighted by Gasteiger charge is -2.36. The molecule has 1 atom stereocenters. The van der Waals surface area contributed by atoms with Crippen molar-refractivity contribution in [3.63, 3.8) is 0 Å². The van der Waals surface area contributed by atoms with Gasteiger partial charge in [0.1, 0.15) is 17.8 Å². The summed E-state index contributed by atoms with van der Waals surface area (Å²) in [5, 5.41) is 15.3. The maximum absolute atomic E-state index is 13.5. The van der Waals surface area contributed by atoms with Crippen molar-refractivity contribution >= 4 is 23.9 Å². The molecule has 4 rings (SSSR count). The first kappa shape index (κ1) is 31.7. The van der Waals surface area contributed by atoms with Crippen LogP contribution >= 0.6 is 0 Å². The standard InChI is InChI=1S/C30H40N6O7/c1-2-3-19-42-30(41)36-17-15-35(16-18-36)29(40)23(9-10-26(37)38)33-28(39)24-20-25(43-22-11-13-31-14-12-22)34-27(32-24)21-7-5-4-6-8-21/h4-8,20,22-23,31H,2-3,9-19H2,1H3,(H,33,39)(H,37,38)/t23-/m0/s1. The van der Waals surface area contributed by atoms with E-state index in [1.165, 1.54) is 11.0 Å². The summed E-state index contributed by atoms with van der Waals surface area (Å²) < 4.78 is 11.4. The number of unbranched alkanes of at least 4 members (excludes halogenated alkanes) is 1. The highest BCUT2D eigenvalue weighted by atomic mass is 16.6. The third-order valence-electron chi connectivity index (χ3n) is 7.36. The number of nitrogens with zero attached hydrogens (tertiary/aromatic N) is 4. The molecule has 13 heteroatoms. The van der Waals surface area contributed by atoms with E-state index in [1.54, 1.807) is 4.90 Å². The van der Waals surface area contributed by atoms with Crippen molar-refractivity contribution in [3.8, 4) is 17.3 Å². The van der Waals surface area contributed by atoms with E-state index in [0.717, 1.165) is 38.8 Å². The fraction of sp³-hybridized carbons (Fsp3) is 0.533. The minimum atomic E-state index is -1.10. The lowest BCUT2D eigenvalue weighted by Crippen LogP contribution is -2.56. The first-order valence-electron chi connectivity index (χ1n) is 14.9. The lowest BCUT2D eigenvalue weighted by molar-refractivity contribution is -0.138. The number of piperidine rings is 1. The Balaban J connectivity index is 1.48. The number of benzene rings is 1. The molecular formula is C30H40N6O7. The summed E-state index contributed by atoms with van der Waals surface area (Å²) in [5.41, 5.74) is 0.697. The van der Waals surface area contributed by atoms with Gasteiger partial charge >= 0.3 is 12.1 Å². The highest BCUT2D eigenvalue weighted by Gasteiger charge is 2.31. The van der Waals surface area contributed by atoms with Gasteiger partial charge in [-0.25, -0.2) is 9.78 Å². The smallest absolute Gasteiger partial charge is 0.409 e. The van der Waals surface area contributed by atoms with Crippen molar-refractivity contribution in [2.24, 2.45) is 0 Å². The predicted octanol–water partition coefficient (Wildman–Crippen LogP) is 2.32. The Morgan fingerprint density at radius 1 is 1.05 bits per heavy atom. The molecule has 0 unspecified atom stereocenters. The SMILES string of the molecule is CCCCOC(=O)N1CCN(C(=O)[C@H](CCC(=O)O)NC(=O)c2cc(OC3CCNCC3)nc(-c3ccccc3)n2)CC1. The highest BCUT2D eigenvalue weighted by Crippen LogP contribution is 2.22. The largest absolute Gasteiger partial charge is 0.481 e. The zero-order chi connectivity index (χ0) is 30.6. The molecule has 3 amide bonds. The number of hydrogen-bond donors (Lipinski definition) is 3. The van der Waals surface area contributed by atoms with Crippen LogP contribution in [-0.2, 0) is 14.3 Å². The van der Waals surface area contributed by atoms with E-state index < -0.39 is 29.9 Å². The van der Waals surface area contributed by atoms with Gasteiger partial charge in [0.25, 0.3) is 5.91 Å². The quantitative estimate of drug-likeness (QED) is 0.310. The van der Waals surface area contributed by atoms with Crippen LogP contribution in [0.4, 0.5) is 4.79 Å². The zero-order valence-electron chi connectivity index (χ0n) is 24.5. The summed E-state index contributed by atoms with van der Waals surface area (Å²) in [6.45, 7) is 5.01. The van der Waals surface area contributed by atoms with E-state index in [4.69, 9.17) is 9.47 Å². The summed E-state index contributed by atoms with van der Waals surface area (Å²) in [7, 11) is 0. The number of ether oxygens (including phenoxy) is 2. The second-order valence-electron chi connectivity index (χ2n) is 10.6. The summed E-state index contributed by atoms with van der Waals surface area (Å²) in [5.74, 6) is -1.60. The number of carbonyl (C=O) groups is 4. The second-order valence-corrected chi connectivity index (χ2v) is 10.6. The van der Waals surface area contributed by atoms with Crippen molar-refractivity contribution in [1.29, 1.82) is 0 Å². The summed E-state index contributed by atoms with van der Waals surface area (Å²) >= 11 is 0. The van der Waals surface area contributed by atoms with E-state index in [2.05, 4.69) is 20.6 Å². The van der Waals surface area contributed by atoms with Gasteiger partial charge in [-0.1, -0.05) is 43.7 Å². The van der Waals surface area contributed by atoms with Crippen LogP contribution in [0.15, 0.2) is 36.4 Å². The maximum atomic E-state index is 13.5. The van der Waals surface area contributed by atoms with E-state index in [0.29, 0.717) is 18.0 Å². The number of piperazine rings is 1. The zero-order valence-corrected chi connectivity index (χ0v) is 24.5. The molecule has 2 saturated heterocycles. The van der Waals surface area contributed by atoms with Gasteiger partial charge in [0.05, 0.1) is 6.61 Å². The number of nitrogens with one attached hydrogen (secondary N) is 2. The second kappa shape index (κ2) is 15.8. The first-order chi connectivity index (χ1) is 20.8. The van der Waals surface area contributed by atoms with Crippen molar-refractivity contribution in [1.82, 2.24) is 30.4 Å². The van der Waals surface area contributed by atoms with Gasteiger partial charge in [-0.05, 0) is 38.8 Å². The number of carboxylic acid groups (broad SMARTS) is 1. The molecule has 0 bridgehead atoms. The highest BCUT2D eigenvalue weighted by molar-refractivity contribution is 5.96. The summed E-state index contributed by atoms with van der Waals surface area (Å²) in [6.07, 6.45) is 2.37. The molecule has 232 valence electrons. The van der Waals surface area contributed by atoms with Gasteiger partial charge < -0.3 is 35.0 Å². The number of rotatable bonds is 12. The van der Waals surface area contributed by atoms with Gasteiger partial charge in [0.2, 0.25) is 11.8 Å². The summed E-state index contributed by atoms with van der Waals surface area (Å²) in [6, 6.07) is 9.53. The van der Waals surface area contributed by atoms with E-state index in [-0.39, 0.29) is 56.7 Å². The van der Waals surface area contributed by atoms with Gasteiger partial charge in [-0.15, -0.1) is 0 Å². The molecule has 0 aliphatic carbocycles. The Hall–Kier alpha value is -4.26. The summed E-state index contributed by atoms with van der Waals surface area (Å²) in [4.78, 5) is 62.8. The monoisotopic (exact) mass is 596 g/mol. The predicted molar refractivity (Wildman–Crippen MR) is 157 cm³/mol. The molecule has 13 nitrogen and oxygen atoms in total. The number of carbonyl (C=O) groups excluding carboxylic acids is 3. The third kappa shape index (κ3) is 9.37. The van der Waals surface area contributed by atoms with E-state index in [9.17, 15) is 24.3 Å². The Kier molecular flexibility index (Phi) is 11.7. The molecule has 3 N–H and O–H groups in total. The average Bonchev–Trinajstić information content (AvgIpc) is 3.03. The molecule has 0 radical (unpaired) electrons. The van der Waals surface area contributed by atoms with Gasteiger partial charge in [-0.3, -0.25) is 14.4 Å². The van der Waals surface area contributed by atoms with Gasteiger partial charge in [-0.2, -0.15) is 4.98 Å². The van der Waals surface area contributed by atoms with Crippen molar-refractivity contribution in [2.75, 3.05) is 45.9 Å². The van der Waals surface area contributed by atoms with Crippen molar-refractivity contribution < 1.29 is 33.8 Å². The molecule has 3 heterocycles. The number of aliphatic carboxylic acids is 1. The Bertz CT molecular complexity index is 1250. The van der Waals surface area contributed by atoms with Gasteiger partial charge in [0, 0.05) is 44.2 Å². The molecule has 1 aromatic heterocycles. The molecule has 0 saturated carbocycles. The van der Waals surface area contributed by atoms with Crippen LogP contribution in [0.5, 0.6) is 5.88 Å². The Morgan fingerprint density at radius 3 is 2.42 bits per heavy atom. The van der Waals surface area contributed by atoms with E-state index in [1.807, 2.05) is 37.3 Å². The van der Waals surface area contributed by atoms with Crippen molar-refractivity contribution in [2.45, 2.75) is 57.6 Å². The van der Waals surface area contributed by atoms with Crippen LogP contribution in [0.25, 0.3) is 11.4 Å². The molecule has 2 fully saturated rings. The van der Waals surface area contributed by atoms with E-state index >= 15 is 0 Å². The third-order valence-corrected chi connectivity index (χ3v) is 7.36. The Labute approximate surface area is 251 Å². The molecule has 0 spiro atoms. The number of hydrogen-bond acceptors (Lipinski definition) is 9. The van der Waals surface area contributed by atoms with Crippen LogP contribution < -0.4 is 15.4 Å². The van der Waals surface area contributed by atoms with Crippen LogP contribution in [0, 0.1) is 0 Å². The van der Waals surface area contributed by atoms with Crippen LogP contribution in [-0.4, -0.2) is 107 Å². The number of carboxylic acids is 1. The lowest BCUT2D eigenvalue weighted by atomic mass is 10.1. The average molecular weight is 597 g/mol. The minimum absolute atomic E-state index is 0.00514. The fourth-order valence-corrected chi connectivity index (χ4v) is 4.88. The minimum Gasteiger partial charge on any atom is -0.481 e. The molecule has 2 aromatic rings. The molecule has 2 aliphatic rings. The Morgan fingerprint density at radius 2 is 1.74 bits per heavy atom. The number of amides is 3. The van der Waals surface area contributed by atoms with Crippen molar-refractivity contribution in [3.05, 3.63) is 42.1 Å². The fourth-order valence-electron chi connectivity index (χ4n) is 4.88. The first-order valence-corrected chi connectivity index (χ1v) is 14.9. The molecule has 2 aliphatic heterocycles. The van der Waals surface area contributed by atoms with Crippen LogP contribution in [0.2, 0.25) is 0 Å².